The summed E-state index contributed by atoms with van der Waals surface area (Å²) in [4.78, 5) is 13.8. The Balaban J connectivity index is 2.08. The third-order valence-electron chi connectivity index (χ3n) is 3.33. The van der Waals surface area contributed by atoms with Crippen LogP contribution in [0.25, 0.3) is 6.08 Å². The molecule has 1 aliphatic rings. The van der Waals surface area contributed by atoms with Crippen LogP contribution in [-0.4, -0.2) is 44.2 Å². The molecule has 5 heteroatoms. The Morgan fingerprint density at radius 2 is 1.95 bits per heavy atom. The van der Waals surface area contributed by atoms with Gasteiger partial charge in [-0.1, -0.05) is 0 Å². The maximum atomic E-state index is 12.0. The molecule has 1 atom stereocenters. The normalized spacial score (nSPS) is 18.6. The molecule has 2 N–H and O–H groups in total. The van der Waals surface area contributed by atoms with Crippen molar-refractivity contribution >= 4 is 12.0 Å². The molecule has 1 aliphatic heterocycles. The molecule has 20 heavy (non-hydrogen) atoms. The van der Waals surface area contributed by atoms with Crippen LogP contribution < -0.4 is 15.2 Å². The van der Waals surface area contributed by atoms with Crippen LogP contribution in [0.3, 0.4) is 0 Å². The first-order chi connectivity index (χ1) is 9.62. The molecule has 0 spiro atoms. The maximum Gasteiger partial charge on any atom is 0.246 e. The summed E-state index contributed by atoms with van der Waals surface area (Å²) in [5.41, 5.74) is 6.65. The fourth-order valence-electron chi connectivity index (χ4n) is 2.19. The molecule has 108 valence electrons. The molecule has 0 bridgehead atoms. The predicted octanol–water partition coefficient (Wildman–Crippen LogP) is 1.28. The van der Waals surface area contributed by atoms with E-state index >= 15 is 0 Å². The predicted molar refractivity (Wildman–Crippen MR) is 77.8 cm³/mol. The van der Waals surface area contributed by atoms with Crippen molar-refractivity contribution in [1.82, 2.24) is 4.90 Å². The molecule has 0 saturated carbocycles. The Labute approximate surface area is 119 Å². The van der Waals surface area contributed by atoms with Crippen molar-refractivity contribution in [2.45, 2.75) is 12.5 Å². The van der Waals surface area contributed by atoms with E-state index < -0.39 is 0 Å². The summed E-state index contributed by atoms with van der Waals surface area (Å²) in [6.45, 7) is 1.36. The SMILES string of the molecule is COc1cc(/C=C/C(=O)N2CC[C@@H](N)C2)cc(OC)c1. The van der Waals surface area contributed by atoms with Crippen molar-refractivity contribution in [3.05, 3.63) is 29.8 Å². The summed E-state index contributed by atoms with van der Waals surface area (Å²) in [5, 5.41) is 0. The van der Waals surface area contributed by atoms with Crippen molar-refractivity contribution in [3.63, 3.8) is 0 Å². The Kier molecular flexibility index (Phi) is 4.63. The fourth-order valence-corrected chi connectivity index (χ4v) is 2.19. The minimum absolute atomic E-state index is 0.0141. The third-order valence-corrected chi connectivity index (χ3v) is 3.33. The number of rotatable bonds is 4. The highest BCUT2D eigenvalue weighted by Crippen LogP contribution is 2.23. The number of nitrogens with two attached hydrogens (primary N) is 1. The lowest BCUT2D eigenvalue weighted by atomic mass is 10.2. The smallest absolute Gasteiger partial charge is 0.246 e. The lowest BCUT2D eigenvalue weighted by Gasteiger charge is -2.12. The van der Waals surface area contributed by atoms with Crippen molar-refractivity contribution in [2.75, 3.05) is 27.3 Å². The van der Waals surface area contributed by atoms with Crippen LogP contribution in [0.1, 0.15) is 12.0 Å². The summed E-state index contributed by atoms with van der Waals surface area (Å²) in [7, 11) is 3.19. The molecular formula is C15H20N2O3. The lowest BCUT2D eigenvalue weighted by Crippen LogP contribution is -2.30. The summed E-state index contributed by atoms with van der Waals surface area (Å²) >= 11 is 0. The van der Waals surface area contributed by atoms with Crippen LogP contribution in [0.4, 0.5) is 0 Å². The Morgan fingerprint density at radius 1 is 1.30 bits per heavy atom. The summed E-state index contributed by atoms with van der Waals surface area (Å²) in [5.74, 6) is 1.37. The van der Waals surface area contributed by atoms with Gasteiger partial charge >= 0.3 is 0 Å². The first kappa shape index (κ1) is 14.4. The largest absolute Gasteiger partial charge is 0.497 e. The number of hydrogen-bond donors (Lipinski definition) is 1. The number of amides is 1. The highest BCUT2D eigenvalue weighted by atomic mass is 16.5. The summed E-state index contributed by atoms with van der Waals surface area (Å²) in [6.07, 6.45) is 4.19. The quantitative estimate of drug-likeness (QED) is 0.841. The number of nitrogens with zero attached hydrogens (tertiary/aromatic N) is 1. The van der Waals surface area contributed by atoms with Gasteiger partial charge < -0.3 is 20.1 Å². The number of hydrogen-bond acceptors (Lipinski definition) is 4. The topological polar surface area (TPSA) is 64.8 Å². The molecule has 1 amide bonds. The van der Waals surface area contributed by atoms with E-state index in [9.17, 15) is 4.79 Å². The van der Waals surface area contributed by atoms with Crippen molar-refractivity contribution in [1.29, 1.82) is 0 Å². The highest BCUT2D eigenvalue weighted by Gasteiger charge is 2.21. The van der Waals surface area contributed by atoms with Gasteiger partial charge in [0.05, 0.1) is 14.2 Å². The molecule has 5 nitrogen and oxygen atoms in total. The molecule has 0 radical (unpaired) electrons. The molecule has 1 heterocycles. The molecule has 1 aromatic rings. The number of likely N-dealkylation sites (tertiary alicyclic amines) is 1. The number of methoxy groups -OCH3 is 2. The first-order valence-corrected chi connectivity index (χ1v) is 6.58. The summed E-state index contributed by atoms with van der Waals surface area (Å²) < 4.78 is 10.4. The van der Waals surface area contributed by atoms with E-state index in [0.29, 0.717) is 18.0 Å². The molecule has 0 aromatic heterocycles. The van der Waals surface area contributed by atoms with Crippen LogP contribution in [0.15, 0.2) is 24.3 Å². The van der Waals surface area contributed by atoms with E-state index in [1.54, 1.807) is 37.3 Å². The Hall–Kier alpha value is -2.01. The number of carbonyl (C=O) groups is 1. The van der Waals surface area contributed by atoms with Gasteiger partial charge in [0.1, 0.15) is 11.5 Å². The highest BCUT2D eigenvalue weighted by molar-refractivity contribution is 5.92. The second-order valence-corrected chi connectivity index (χ2v) is 4.81. The van der Waals surface area contributed by atoms with E-state index in [4.69, 9.17) is 15.2 Å². The molecule has 0 aliphatic carbocycles. The number of ether oxygens (including phenoxy) is 2. The van der Waals surface area contributed by atoms with Crippen LogP contribution >= 0.6 is 0 Å². The summed E-state index contributed by atoms with van der Waals surface area (Å²) in [6, 6.07) is 5.59. The monoisotopic (exact) mass is 276 g/mol. The van der Waals surface area contributed by atoms with Gasteiger partial charge in [0.15, 0.2) is 0 Å². The molecule has 1 aromatic carbocycles. The van der Waals surface area contributed by atoms with Crippen LogP contribution in [0.2, 0.25) is 0 Å². The molecule has 1 fully saturated rings. The number of benzene rings is 1. The van der Waals surface area contributed by atoms with E-state index in [1.165, 1.54) is 0 Å². The van der Waals surface area contributed by atoms with Gasteiger partial charge in [-0.2, -0.15) is 0 Å². The Morgan fingerprint density at radius 3 is 2.45 bits per heavy atom. The van der Waals surface area contributed by atoms with E-state index in [-0.39, 0.29) is 11.9 Å². The fraction of sp³-hybridized carbons (Fsp3) is 0.400. The van der Waals surface area contributed by atoms with Crippen molar-refractivity contribution < 1.29 is 14.3 Å². The van der Waals surface area contributed by atoms with E-state index in [1.807, 2.05) is 12.1 Å². The lowest BCUT2D eigenvalue weighted by molar-refractivity contribution is -0.124. The second kappa shape index (κ2) is 6.43. The zero-order valence-electron chi connectivity index (χ0n) is 11.8. The van der Waals surface area contributed by atoms with E-state index in [2.05, 4.69) is 0 Å². The van der Waals surface area contributed by atoms with Crippen LogP contribution in [0, 0.1) is 0 Å². The molecule has 2 rings (SSSR count). The average molecular weight is 276 g/mol. The van der Waals surface area contributed by atoms with Gasteiger partial charge in [-0.05, 0) is 30.2 Å². The van der Waals surface area contributed by atoms with Gasteiger partial charge in [-0.15, -0.1) is 0 Å². The van der Waals surface area contributed by atoms with Crippen molar-refractivity contribution in [2.24, 2.45) is 5.73 Å². The molecule has 1 saturated heterocycles. The van der Waals surface area contributed by atoms with Crippen LogP contribution in [-0.2, 0) is 4.79 Å². The van der Waals surface area contributed by atoms with Gasteiger partial charge in [0, 0.05) is 31.3 Å². The van der Waals surface area contributed by atoms with E-state index in [0.717, 1.165) is 18.5 Å². The van der Waals surface area contributed by atoms with Gasteiger partial charge in [0.25, 0.3) is 0 Å². The molecular weight excluding hydrogens is 256 g/mol. The number of carbonyl (C=O) groups excluding carboxylic acids is 1. The second-order valence-electron chi connectivity index (χ2n) is 4.81. The minimum atomic E-state index is -0.0141. The maximum absolute atomic E-state index is 12.0. The first-order valence-electron chi connectivity index (χ1n) is 6.58. The zero-order valence-corrected chi connectivity index (χ0v) is 11.8. The van der Waals surface area contributed by atoms with Gasteiger partial charge in [-0.3, -0.25) is 4.79 Å². The minimum Gasteiger partial charge on any atom is -0.497 e. The standard InChI is InChI=1S/C15H20N2O3/c1-19-13-7-11(8-14(9-13)20-2)3-4-15(18)17-6-5-12(16)10-17/h3-4,7-9,12H,5-6,10,16H2,1-2H3/b4-3+/t12-/m1/s1. The van der Waals surface area contributed by atoms with Crippen LogP contribution in [0.5, 0.6) is 11.5 Å². The van der Waals surface area contributed by atoms with Gasteiger partial charge in [0.2, 0.25) is 5.91 Å². The average Bonchev–Trinajstić information content (AvgIpc) is 2.91. The van der Waals surface area contributed by atoms with Crippen molar-refractivity contribution in [3.8, 4) is 11.5 Å². The van der Waals surface area contributed by atoms with Gasteiger partial charge in [-0.25, -0.2) is 0 Å². The molecule has 0 unspecified atom stereocenters. The Bertz CT molecular complexity index is 492. The zero-order chi connectivity index (χ0) is 14.5. The third kappa shape index (κ3) is 3.51.